The Kier molecular flexibility index (Phi) is 6.19. The second-order valence-electron chi connectivity index (χ2n) is 6.11. The number of rotatable bonds is 6. The standard InChI is InChI=1S/C18H24N6O2/c1-2-26-18(25)24-10-8-15(9-11-24)21-16-13-20-23-17(22-16)19-12-14-6-4-3-5-7-14/h3-7,13,15H,2,8-12H2,1H3,(H2,19,21,22,23). The molecule has 2 aromatic rings. The Balaban J connectivity index is 1.49. The van der Waals surface area contributed by atoms with Crippen LogP contribution in [0.3, 0.4) is 0 Å². The van der Waals surface area contributed by atoms with Gasteiger partial charge in [0.25, 0.3) is 0 Å². The zero-order chi connectivity index (χ0) is 18.2. The van der Waals surface area contributed by atoms with Crippen LogP contribution in [0.4, 0.5) is 16.6 Å². The molecule has 2 heterocycles. The Morgan fingerprint density at radius 1 is 1.27 bits per heavy atom. The second-order valence-corrected chi connectivity index (χ2v) is 6.11. The zero-order valence-corrected chi connectivity index (χ0v) is 14.9. The molecule has 1 aromatic heterocycles. The molecule has 26 heavy (non-hydrogen) atoms. The topological polar surface area (TPSA) is 92.3 Å². The van der Waals surface area contributed by atoms with E-state index in [4.69, 9.17) is 4.74 Å². The van der Waals surface area contributed by atoms with Crippen LogP contribution in [0.1, 0.15) is 25.3 Å². The summed E-state index contributed by atoms with van der Waals surface area (Å²) < 4.78 is 5.04. The van der Waals surface area contributed by atoms with Gasteiger partial charge in [0.2, 0.25) is 5.95 Å². The number of hydrogen-bond donors (Lipinski definition) is 2. The van der Waals surface area contributed by atoms with Gasteiger partial charge in [0.15, 0.2) is 5.82 Å². The van der Waals surface area contributed by atoms with E-state index in [0.717, 1.165) is 18.4 Å². The van der Waals surface area contributed by atoms with E-state index in [9.17, 15) is 4.79 Å². The van der Waals surface area contributed by atoms with E-state index in [1.54, 1.807) is 11.1 Å². The number of benzene rings is 1. The van der Waals surface area contributed by atoms with Crippen LogP contribution in [0.25, 0.3) is 0 Å². The fourth-order valence-electron chi connectivity index (χ4n) is 2.86. The third kappa shape index (κ3) is 5.05. The monoisotopic (exact) mass is 356 g/mol. The number of nitrogens with one attached hydrogen (secondary N) is 2. The molecule has 0 aliphatic carbocycles. The van der Waals surface area contributed by atoms with Crippen molar-refractivity contribution in [1.29, 1.82) is 0 Å². The van der Waals surface area contributed by atoms with E-state index in [-0.39, 0.29) is 12.1 Å². The summed E-state index contributed by atoms with van der Waals surface area (Å²) in [5.74, 6) is 1.17. The summed E-state index contributed by atoms with van der Waals surface area (Å²) >= 11 is 0. The highest BCUT2D eigenvalue weighted by Crippen LogP contribution is 2.16. The smallest absolute Gasteiger partial charge is 0.409 e. The molecule has 138 valence electrons. The van der Waals surface area contributed by atoms with E-state index in [2.05, 4.69) is 25.8 Å². The molecule has 0 spiro atoms. The number of amides is 1. The first-order valence-corrected chi connectivity index (χ1v) is 8.90. The van der Waals surface area contributed by atoms with Crippen LogP contribution in [-0.2, 0) is 11.3 Å². The van der Waals surface area contributed by atoms with Gasteiger partial charge in [0.1, 0.15) is 0 Å². The first-order valence-electron chi connectivity index (χ1n) is 8.90. The highest BCUT2D eigenvalue weighted by atomic mass is 16.6. The third-order valence-corrected chi connectivity index (χ3v) is 4.23. The lowest BCUT2D eigenvalue weighted by atomic mass is 10.1. The molecule has 0 atom stereocenters. The molecule has 1 fully saturated rings. The zero-order valence-electron chi connectivity index (χ0n) is 14.9. The Hall–Kier alpha value is -2.90. The van der Waals surface area contributed by atoms with Gasteiger partial charge >= 0.3 is 6.09 Å². The Morgan fingerprint density at radius 2 is 2.04 bits per heavy atom. The van der Waals surface area contributed by atoms with E-state index >= 15 is 0 Å². The first kappa shape index (κ1) is 17.9. The van der Waals surface area contributed by atoms with Gasteiger partial charge in [-0.05, 0) is 25.3 Å². The van der Waals surface area contributed by atoms with Crippen LogP contribution in [0, 0.1) is 0 Å². The molecule has 0 bridgehead atoms. The van der Waals surface area contributed by atoms with Crippen molar-refractivity contribution in [2.45, 2.75) is 32.4 Å². The summed E-state index contributed by atoms with van der Waals surface area (Å²) in [6.45, 7) is 4.21. The van der Waals surface area contributed by atoms with Crippen LogP contribution < -0.4 is 10.6 Å². The molecule has 0 saturated carbocycles. The number of carbonyl (C=O) groups is 1. The van der Waals surface area contributed by atoms with Crippen LogP contribution >= 0.6 is 0 Å². The van der Waals surface area contributed by atoms with Gasteiger partial charge in [-0.1, -0.05) is 30.3 Å². The van der Waals surface area contributed by atoms with E-state index in [1.165, 1.54) is 0 Å². The number of carbonyl (C=O) groups excluding carboxylic acids is 1. The van der Waals surface area contributed by atoms with Crippen molar-refractivity contribution in [3.8, 4) is 0 Å². The summed E-state index contributed by atoms with van der Waals surface area (Å²) in [4.78, 5) is 17.9. The average molecular weight is 356 g/mol. The molecule has 1 aromatic carbocycles. The van der Waals surface area contributed by atoms with Crippen molar-refractivity contribution < 1.29 is 9.53 Å². The lowest BCUT2D eigenvalue weighted by molar-refractivity contribution is 0.0983. The van der Waals surface area contributed by atoms with Gasteiger partial charge in [-0.15, -0.1) is 5.10 Å². The minimum absolute atomic E-state index is 0.234. The molecular weight excluding hydrogens is 332 g/mol. The number of nitrogens with zero attached hydrogens (tertiary/aromatic N) is 4. The van der Waals surface area contributed by atoms with E-state index in [0.29, 0.717) is 38.0 Å². The summed E-state index contributed by atoms with van der Waals surface area (Å²) in [5, 5.41) is 14.6. The summed E-state index contributed by atoms with van der Waals surface area (Å²) in [6.07, 6.45) is 3.07. The first-order chi connectivity index (χ1) is 12.7. The van der Waals surface area contributed by atoms with Gasteiger partial charge < -0.3 is 20.3 Å². The number of aromatic nitrogens is 3. The SMILES string of the molecule is CCOC(=O)N1CCC(Nc2cnnc(NCc3ccccc3)n2)CC1. The quantitative estimate of drug-likeness (QED) is 0.821. The summed E-state index contributed by atoms with van der Waals surface area (Å²) in [5.41, 5.74) is 1.15. The molecule has 0 unspecified atom stereocenters. The fourth-order valence-corrected chi connectivity index (χ4v) is 2.86. The van der Waals surface area contributed by atoms with E-state index in [1.807, 2.05) is 37.3 Å². The second kappa shape index (κ2) is 8.98. The predicted molar refractivity (Wildman–Crippen MR) is 98.8 cm³/mol. The van der Waals surface area contributed by atoms with Crippen molar-refractivity contribution in [2.75, 3.05) is 30.3 Å². The van der Waals surface area contributed by atoms with Gasteiger partial charge in [-0.3, -0.25) is 0 Å². The van der Waals surface area contributed by atoms with Gasteiger partial charge in [0, 0.05) is 25.7 Å². The van der Waals surface area contributed by atoms with Gasteiger partial charge in [0.05, 0.1) is 12.8 Å². The summed E-state index contributed by atoms with van der Waals surface area (Å²) in [6, 6.07) is 10.3. The lowest BCUT2D eigenvalue weighted by Crippen LogP contribution is -2.42. The summed E-state index contributed by atoms with van der Waals surface area (Å²) in [7, 11) is 0. The van der Waals surface area contributed by atoms with E-state index < -0.39 is 0 Å². The van der Waals surface area contributed by atoms with Crippen molar-refractivity contribution >= 4 is 17.9 Å². The predicted octanol–water partition coefficient (Wildman–Crippen LogP) is 2.52. The minimum Gasteiger partial charge on any atom is -0.450 e. The fraction of sp³-hybridized carbons (Fsp3) is 0.444. The van der Waals surface area contributed by atoms with Crippen molar-refractivity contribution in [1.82, 2.24) is 20.1 Å². The molecule has 8 nitrogen and oxygen atoms in total. The van der Waals surface area contributed by atoms with Crippen LogP contribution in [-0.4, -0.2) is 51.9 Å². The largest absolute Gasteiger partial charge is 0.450 e. The van der Waals surface area contributed by atoms with Gasteiger partial charge in [-0.2, -0.15) is 10.1 Å². The molecule has 2 N–H and O–H groups in total. The molecule has 1 aliphatic heterocycles. The number of likely N-dealkylation sites (tertiary alicyclic amines) is 1. The highest BCUT2D eigenvalue weighted by Gasteiger charge is 2.23. The molecule has 1 saturated heterocycles. The minimum atomic E-state index is -0.234. The average Bonchev–Trinajstić information content (AvgIpc) is 2.68. The Labute approximate surface area is 153 Å². The molecule has 1 aliphatic rings. The van der Waals surface area contributed by atoms with Crippen molar-refractivity contribution in [3.63, 3.8) is 0 Å². The normalized spacial score (nSPS) is 14.7. The number of hydrogen-bond acceptors (Lipinski definition) is 7. The Morgan fingerprint density at radius 3 is 2.77 bits per heavy atom. The molecule has 8 heteroatoms. The van der Waals surface area contributed by atoms with Crippen LogP contribution in [0.15, 0.2) is 36.5 Å². The molecule has 1 amide bonds. The van der Waals surface area contributed by atoms with Crippen LogP contribution in [0.2, 0.25) is 0 Å². The van der Waals surface area contributed by atoms with Crippen molar-refractivity contribution in [3.05, 3.63) is 42.1 Å². The highest BCUT2D eigenvalue weighted by molar-refractivity contribution is 5.67. The van der Waals surface area contributed by atoms with Gasteiger partial charge in [-0.25, -0.2) is 4.79 Å². The number of ether oxygens (including phenoxy) is 1. The molecule has 0 radical (unpaired) electrons. The molecule has 3 rings (SSSR count). The van der Waals surface area contributed by atoms with Crippen molar-refractivity contribution in [2.24, 2.45) is 0 Å². The maximum atomic E-state index is 11.7. The molecular formula is C18H24N6O2. The maximum Gasteiger partial charge on any atom is 0.409 e. The lowest BCUT2D eigenvalue weighted by Gasteiger charge is -2.31. The maximum absolute atomic E-state index is 11.7. The third-order valence-electron chi connectivity index (χ3n) is 4.23. The Bertz CT molecular complexity index is 704. The number of piperidine rings is 1. The number of anilines is 2. The van der Waals surface area contributed by atoms with Crippen LogP contribution in [0.5, 0.6) is 0 Å².